The maximum atomic E-state index is 13.0. The van der Waals surface area contributed by atoms with Gasteiger partial charge in [0.05, 0.1) is 22.6 Å². The number of aromatic nitrogens is 4. The molecule has 5 rings (SSSR count). The van der Waals surface area contributed by atoms with Gasteiger partial charge in [-0.1, -0.05) is 12.1 Å². The summed E-state index contributed by atoms with van der Waals surface area (Å²) in [7, 11) is 0. The highest BCUT2D eigenvalue weighted by Gasteiger charge is 2.27. The summed E-state index contributed by atoms with van der Waals surface area (Å²) in [6.07, 6.45) is 10.2. The van der Waals surface area contributed by atoms with Crippen molar-refractivity contribution in [3.63, 3.8) is 0 Å². The van der Waals surface area contributed by atoms with Crippen LogP contribution >= 0.6 is 11.3 Å². The molecule has 3 heterocycles. The Kier molecular flexibility index (Phi) is 4.52. The minimum atomic E-state index is -0.104. The second-order valence-corrected chi connectivity index (χ2v) is 8.55. The molecule has 0 atom stereocenters. The number of rotatable bonds is 5. The first kappa shape index (κ1) is 17.9. The van der Waals surface area contributed by atoms with Crippen molar-refractivity contribution in [1.82, 2.24) is 19.5 Å². The van der Waals surface area contributed by atoms with Crippen LogP contribution in [-0.2, 0) is 25.8 Å². The van der Waals surface area contributed by atoms with Crippen molar-refractivity contribution in [2.24, 2.45) is 0 Å². The van der Waals surface area contributed by atoms with Crippen molar-refractivity contribution in [3.05, 3.63) is 75.9 Å². The van der Waals surface area contributed by atoms with Gasteiger partial charge in [0, 0.05) is 47.0 Å². The molecule has 0 saturated carbocycles. The van der Waals surface area contributed by atoms with Gasteiger partial charge in [0.15, 0.2) is 0 Å². The van der Waals surface area contributed by atoms with E-state index < -0.39 is 0 Å². The number of anilines is 1. The normalized spacial score (nSPS) is 12.4. The molecule has 1 aliphatic carbocycles. The number of H-pyrrole nitrogens is 1. The van der Waals surface area contributed by atoms with Gasteiger partial charge >= 0.3 is 0 Å². The number of fused-ring (bicyclic) bond motifs is 3. The Labute approximate surface area is 172 Å². The van der Waals surface area contributed by atoms with Gasteiger partial charge in [0.1, 0.15) is 0 Å². The lowest BCUT2D eigenvalue weighted by atomic mass is 9.96. The second-order valence-electron chi connectivity index (χ2n) is 7.26. The van der Waals surface area contributed by atoms with Crippen LogP contribution in [0.15, 0.2) is 49.2 Å². The number of carbonyl (C=O) groups is 1. The largest absolute Gasteiger partial charge is 0.364 e. The first-order valence-corrected chi connectivity index (χ1v) is 10.5. The molecule has 0 bridgehead atoms. The third-order valence-electron chi connectivity index (χ3n) is 5.28. The minimum absolute atomic E-state index is 0.104. The zero-order valence-corrected chi connectivity index (χ0v) is 16.9. The van der Waals surface area contributed by atoms with Gasteiger partial charge in [-0.3, -0.25) is 4.79 Å². The smallest absolute Gasteiger partial charge is 0.257 e. The van der Waals surface area contributed by atoms with E-state index in [1.807, 2.05) is 37.8 Å². The third-order valence-corrected chi connectivity index (χ3v) is 6.31. The first-order valence-electron chi connectivity index (χ1n) is 9.70. The van der Waals surface area contributed by atoms with Crippen LogP contribution in [0.2, 0.25) is 0 Å². The Hall–Kier alpha value is -3.19. The van der Waals surface area contributed by atoms with Crippen LogP contribution in [0.5, 0.6) is 0 Å². The number of aromatic amines is 1. The summed E-state index contributed by atoms with van der Waals surface area (Å²) in [5, 5.41) is 4.07. The number of amides is 1. The number of hydrogen-bond acceptors (Lipinski definition) is 4. The van der Waals surface area contributed by atoms with Gasteiger partial charge in [-0.05, 0) is 43.9 Å². The van der Waals surface area contributed by atoms with E-state index in [1.54, 1.807) is 17.5 Å². The van der Waals surface area contributed by atoms with Crippen LogP contribution in [0, 0.1) is 6.92 Å². The Morgan fingerprint density at radius 3 is 2.93 bits per heavy atom. The Morgan fingerprint density at radius 2 is 2.14 bits per heavy atom. The second kappa shape index (κ2) is 7.33. The zero-order valence-electron chi connectivity index (χ0n) is 16.1. The van der Waals surface area contributed by atoms with Crippen LogP contribution in [0.1, 0.15) is 31.5 Å². The van der Waals surface area contributed by atoms with E-state index in [9.17, 15) is 4.79 Å². The molecule has 0 fully saturated rings. The molecular weight excluding hydrogens is 382 g/mol. The quantitative estimate of drug-likeness (QED) is 0.523. The summed E-state index contributed by atoms with van der Waals surface area (Å²) >= 11 is 1.72. The van der Waals surface area contributed by atoms with Crippen LogP contribution < -0.4 is 5.32 Å². The van der Waals surface area contributed by atoms with E-state index >= 15 is 0 Å². The molecule has 4 aromatic rings. The van der Waals surface area contributed by atoms with Gasteiger partial charge in [-0.15, -0.1) is 11.3 Å². The fourth-order valence-electron chi connectivity index (χ4n) is 3.82. The van der Waals surface area contributed by atoms with Crippen LogP contribution in [0.4, 0.5) is 5.69 Å². The molecule has 1 aliphatic rings. The van der Waals surface area contributed by atoms with Gasteiger partial charge in [-0.25, -0.2) is 9.97 Å². The van der Waals surface area contributed by atoms with Crippen LogP contribution in [0.3, 0.4) is 0 Å². The van der Waals surface area contributed by atoms with Gasteiger partial charge in [-0.2, -0.15) is 0 Å². The lowest BCUT2D eigenvalue weighted by molar-refractivity contribution is 0.102. The number of nitrogens with one attached hydrogen (secondary N) is 2. The molecule has 1 amide bonds. The number of benzene rings is 1. The fraction of sp³-hybridized carbons (Fsp3) is 0.227. The predicted molar refractivity (Wildman–Crippen MR) is 114 cm³/mol. The first-order chi connectivity index (χ1) is 14.2. The van der Waals surface area contributed by atoms with Crippen molar-refractivity contribution < 1.29 is 4.79 Å². The van der Waals surface area contributed by atoms with Crippen molar-refractivity contribution in [2.75, 3.05) is 5.32 Å². The molecule has 0 saturated heterocycles. The van der Waals surface area contributed by atoms with Crippen LogP contribution in [-0.4, -0.2) is 25.4 Å². The van der Waals surface area contributed by atoms with E-state index in [2.05, 4.69) is 37.0 Å². The van der Waals surface area contributed by atoms with Gasteiger partial charge < -0.3 is 14.9 Å². The maximum absolute atomic E-state index is 13.0. The summed E-state index contributed by atoms with van der Waals surface area (Å²) < 4.78 is 2.05. The Balaban J connectivity index is 1.31. The summed E-state index contributed by atoms with van der Waals surface area (Å²) in [4.78, 5) is 26.3. The third kappa shape index (κ3) is 3.49. The van der Waals surface area contributed by atoms with Crippen molar-refractivity contribution in [3.8, 4) is 11.3 Å². The molecule has 0 spiro atoms. The maximum Gasteiger partial charge on any atom is 0.257 e. The monoisotopic (exact) mass is 403 g/mol. The van der Waals surface area contributed by atoms with Crippen molar-refractivity contribution >= 4 is 22.9 Å². The van der Waals surface area contributed by atoms with E-state index in [1.165, 1.54) is 10.4 Å². The highest BCUT2D eigenvalue weighted by molar-refractivity contribution is 7.12. The molecule has 146 valence electrons. The van der Waals surface area contributed by atoms with Crippen molar-refractivity contribution in [1.29, 1.82) is 0 Å². The summed E-state index contributed by atoms with van der Waals surface area (Å²) in [5.41, 5.74) is 5.71. The molecular formula is C22H21N5OS. The highest BCUT2D eigenvalue weighted by atomic mass is 32.1. The SMILES string of the molecule is Cc1nc2c(s1)CCc1[nH]cc(C(=O)Nc3ccc(CCn4ccnc4)cc3)c1-2. The predicted octanol–water partition coefficient (Wildman–Crippen LogP) is 4.24. The van der Waals surface area contributed by atoms with Gasteiger partial charge in [0.2, 0.25) is 0 Å². The fourth-order valence-corrected chi connectivity index (χ4v) is 4.76. The lowest BCUT2D eigenvalue weighted by Crippen LogP contribution is -2.13. The van der Waals surface area contributed by atoms with Crippen LogP contribution in [0.25, 0.3) is 11.3 Å². The zero-order chi connectivity index (χ0) is 19.8. The Bertz CT molecular complexity index is 1150. The highest BCUT2D eigenvalue weighted by Crippen LogP contribution is 2.38. The molecule has 0 radical (unpaired) electrons. The van der Waals surface area contributed by atoms with E-state index in [0.717, 1.165) is 53.5 Å². The number of imidazole rings is 1. The molecule has 6 nitrogen and oxygen atoms in total. The number of nitrogens with zero attached hydrogens (tertiary/aromatic N) is 3. The molecule has 29 heavy (non-hydrogen) atoms. The van der Waals surface area contributed by atoms with E-state index in [-0.39, 0.29) is 5.91 Å². The molecule has 2 N–H and O–H groups in total. The lowest BCUT2D eigenvalue weighted by Gasteiger charge is -2.13. The average molecular weight is 404 g/mol. The summed E-state index contributed by atoms with van der Waals surface area (Å²) in [6, 6.07) is 8.03. The summed E-state index contributed by atoms with van der Waals surface area (Å²) in [6.45, 7) is 2.90. The summed E-state index contributed by atoms with van der Waals surface area (Å²) in [5.74, 6) is -0.104. The molecule has 0 unspecified atom stereocenters. The Morgan fingerprint density at radius 1 is 1.28 bits per heavy atom. The van der Waals surface area contributed by atoms with E-state index in [0.29, 0.717) is 5.56 Å². The molecule has 3 aromatic heterocycles. The number of carbonyl (C=O) groups excluding carboxylic acids is 1. The number of thiazole rings is 1. The standard InChI is InChI=1S/C22H21N5OS/c1-14-25-21-19(29-14)7-6-18-20(21)17(12-24-18)22(28)26-16-4-2-15(3-5-16)8-10-27-11-9-23-13-27/h2-5,9,11-13,24H,6-8,10H2,1H3,(H,26,28). The molecule has 7 heteroatoms. The topological polar surface area (TPSA) is 75.6 Å². The van der Waals surface area contributed by atoms with E-state index in [4.69, 9.17) is 0 Å². The van der Waals surface area contributed by atoms with Gasteiger partial charge in [0.25, 0.3) is 5.91 Å². The minimum Gasteiger partial charge on any atom is -0.364 e. The number of hydrogen-bond donors (Lipinski definition) is 2. The average Bonchev–Trinajstić information content (AvgIpc) is 3.45. The van der Waals surface area contributed by atoms with Crippen molar-refractivity contribution in [2.45, 2.75) is 32.7 Å². The molecule has 0 aliphatic heterocycles. The molecule has 1 aromatic carbocycles. The number of aryl methyl sites for hydroxylation is 5.